The minimum Gasteiger partial charge on any atom is -0.451 e. The molecule has 0 aliphatic carbocycles. The quantitative estimate of drug-likeness (QED) is 0.783. The molecule has 1 amide bonds. The number of carbonyl (C=O) groups is 1. The third kappa shape index (κ3) is 2.78. The van der Waals surface area contributed by atoms with Gasteiger partial charge in [-0.15, -0.1) is 0 Å². The highest BCUT2D eigenvalue weighted by Gasteiger charge is 2.22. The third-order valence-corrected chi connectivity index (χ3v) is 4.71. The largest absolute Gasteiger partial charge is 0.451 e. The number of oxazole rings is 1. The number of carbonyl (C=O) groups excluding carboxylic acids is 1. The van der Waals surface area contributed by atoms with Crippen LogP contribution in [0.15, 0.2) is 23.4 Å². The van der Waals surface area contributed by atoms with Crippen LogP contribution in [0, 0.1) is 13.8 Å². The Morgan fingerprint density at radius 1 is 1.36 bits per heavy atom. The van der Waals surface area contributed by atoms with Gasteiger partial charge in [0.2, 0.25) is 0 Å². The first kappa shape index (κ1) is 15.8. The van der Waals surface area contributed by atoms with E-state index in [4.69, 9.17) is 9.15 Å². The highest BCUT2D eigenvalue weighted by Crippen LogP contribution is 2.30. The summed E-state index contributed by atoms with van der Waals surface area (Å²) < 4.78 is 12.8. The Morgan fingerprint density at radius 2 is 2.24 bits per heavy atom. The van der Waals surface area contributed by atoms with E-state index in [0.29, 0.717) is 5.82 Å². The molecule has 1 atom stereocenters. The van der Waals surface area contributed by atoms with Crippen LogP contribution in [0.4, 0.5) is 5.82 Å². The average Bonchev–Trinajstić information content (AvgIpc) is 3.34. The second kappa shape index (κ2) is 6.29. The molecule has 8 heteroatoms. The molecule has 1 fully saturated rings. The molecule has 1 aliphatic rings. The minimum atomic E-state index is -0.363. The number of hydrogen-bond acceptors (Lipinski definition) is 6. The lowest BCUT2D eigenvalue weighted by Crippen LogP contribution is -2.16. The van der Waals surface area contributed by atoms with Gasteiger partial charge in [-0.25, -0.2) is 15.0 Å². The Kier molecular flexibility index (Phi) is 3.96. The summed E-state index contributed by atoms with van der Waals surface area (Å²) in [5.41, 5.74) is 3.16. The first-order valence-corrected chi connectivity index (χ1v) is 8.26. The Bertz CT molecular complexity index is 910. The van der Waals surface area contributed by atoms with Crippen molar-refractivity contribution in [1.29, 1.82) is 0 Å². The Hall–Kier alpha value is -2.74. The summed E-state index contributed by atoms with van der Waals surface area (Å²) in [4.78, 5) is 24.8. The number of amides is 1. The number of aryl methyl sites for hydroxylation is 1. The molecule has 1 saturated heterocycles. The number of fused-ring (bicyclic) bond motifs is 1. The molecule has 3 aromatic heterocycles. The Labute approximate surface area is 144 Å². The van der Waals surface area contributed by atoms with Gasteiger partial charge in [0, 0.05) is 12.3 Å². The molecule has 130 valence electrons. The smallest absolute Gasteiger partial charge is 0.278 e. The van der Waals surface area contributed by atoms with Gasteiger partial charge in [-0.1, -0.05) is 0 Å². The van der Waals surface area contributed by atoms with E-state index in [0.717, 1.165) is 48.3 Å². The van der Waals surface area contributed by atoms with Crippen LogP contribution in [0.1, 0.15) is 34.6 Å². The average molecular weight is 341 g/mol. The predicted molar refractivity (Wildman–Crippen MR) is 90.4 cm³/mol. The van der Waals surface area contributed by atoms with Crippen molar-refractivity contribution in [3.63, 3.8) is 0 Å². The molecule has 25 heavy (non-hydrogen) atoms. The molecule has 0 aromatic carbocycles. The van der Waals surface area contributed by atoms with Crippen molar-refractivity contribution in [2.45, 2.75) is 39.3 Å². The molecular weight excluding hydrogens is 322 g/mol. The van der Waals surface area contributed by atoms with Gasteiger partial charge in [0.1, 0.15) is 24.1 Å². The van der Waals surface area contributed by atoms with Gasteiger partial charge in [-0.3, -0.25) is 4.79 Å². The fourth-order valence-electron chi connectivity index (χ4n) is 3.27. The summed E-state index contributed by atoms with van der Waals surface area (Å²) in [7, 11) is 0. The van der Waals surface area contributed by atoms with Crippen LogP contribution >= 0.6 is 0 Å². The van der Waals surface area contributed by atoms with E-state index in [1.165, 1.54) is 19.0 Å². The van der Waals surface area contributed by atoms with Gasteiger partial charge in [0.05, 0.1) is 18.0 Å². The zero-order chi connectivity index (χ0) is 17.4. The lowest BCUT2D eigenvalue weighted by atomic mass is 10.2. The summed E-state index contributed by atoms with van der Waals surface area (Å²) in [6.45, 7) is 5.63. The Balaban J connectivity index is 1.72. The van der Waals surface area contributed by atoms with E-state index in [1.807, 2.05) is 6.92 Å². The minimum absolute atomic E-state index is 0.205. The molecule has 1 N–H and O–H groups in total. The maximum Gasteiger partial charge on any atom is 0.278 e. The molecule has 0 bridgehead atoms. The van der Waals surface area contributed by atoms with Crippen LogP contribution in [0.25, 0.3) is 11.0 Å². The predicted octanol–water partition coefficient (Wildman–Crippen LogP) is 2.47. The van der Waals surface area contributed by atoms with Gasteiger partial charge >= 0.3 is 0 Å². The van der Waals surface area contributed by atoms with Crippen LogP contribution < -0.4 is 5.32 Å². The van der Waals surface area contributed by atoms with Gasteiger partial charge in [-0.2, -0.15) is 0 Å². The summed E-state index contributed by atoms with van der Waals surface area (Å²) in [6, 6.07) is 0. The molecule has 0 saturated carbocycles. The van der Waals surface area contributed by atoms with E-state index in [9.17, 15) is 4.79 Å². The van der Waals surface area contributed by atoms with Gasteiger partial charge < -0.3 is 19.0 Å². The maximum absolute atomic E-state index is 12.3. The molecule has 3 aromatic rings. The van der Waals surface area contributed by atoms with Crippen molar-refractivity contribution < 1.29 is 13.9 Å². The van der Waals surface area contributed by atoms with Crippen molar-refractivity contribution >= 4 is 22.8 Å². The van der Waals surface area contributed by atoms with Crippen LogP contribution in [0.2, 0.25) is 0 Å². The molecule has 1 aliphatic heterocycles. The summed E-state index contributed by atoms with van der Waals surface area (Å²) in [5.74, 6) is 0.113. The number of anilines is 1. The van der Waals surface area contributed by atoms with E-state index >= 15 is 0 Å². The normalized spacial score (nSPS) is 17.3. The van der Waals surface area contributed by atoms with Crippen molar-refractivity contribution in [3.8, 4) is 0 Å². The summed E-state index contributed by atoms with van der Waals surface area (Å²) >= 11 is 0. The standard InChI is InChI=1S/C17H19N5O3/c1-10-11(2)22(6-12-4-3-5-25-12)16-14(10)15(18-8-19-16)21-17(23)13-7-24-9-20-13/h7-9,12H,3-6H2,1-2H3,(H,18,19,21,23)/t12-/m0/s1. The van der Waals surface area contributed by atoms with Gasteiger partial charge in [0.25, 0.3) is 5.91 Å². The number of rotatable bonds is 4. The molecular formula is C17H19N5O3. The van der Waals surface area contributed by atoms with Crippen molar-refractivity contribution in [3.05, 3.63) is 35.9 Å². The van der Waals surface area contributed by atoms with E-state index in [2.05, 4.69) is 31.8 Å². The van der Waals surface area contributed by atoms with Crippen LogP contribution in [0.5, 0.6) is 0 Å². The fourth-order valence-corrected chi connectivity index (χ4v) is 3.27. The van der Waals surface area contributed by atoms with Crippen molar-refractivity contribution in [2.24, 2.45) is 0 Å². The van der Waals surface area contributed by atoms with Gasteiger partial charge in [0.15, 0.2) is 12.1 Å². The van der Waals surface area contributed by atoms with E-state index in [1.54, 1.807) is 0 Å². The second-order valence-electron chi connectivity index (χ2n) is 6.20. The zero-order valence-corrected chi connectivity index (χ0v) is 14.2. The zero-order valence-electron chi connectivity index (χ0n) is 14.2. The number of ether oxygens (including phenoxy) is 1. The van der Waals surface area contributed by atoms with Gasteiger partial charge in [-0.05, 0) is 32.3 Å². The number of nitrogens with one attached hydrogen (secondary N) is 1. The first-order valence-electron chi connectivity index (χ1n) is 8.26. The lowest BCUT2D eigenvalue weighted by molar-refractivity contribution is 0.0974. The first-order chi connectivity index (χ1) is 12.1. The van der Waals surface area contributed by atoms with Crippen LogP contribution in [-0.2, 0) is 11.3 Å². The maximum atomic E-state index is 12.3. The highest BCUT2D eigenvalue weighted by molar-refractivity contribution is 6.07. The SMILES string of the molecule is Cc1c(C)n(C[C@@H]2CCCO2)c2ncnc(NC(=O)c3cocn3)c12. The number of hydrogen-bond donors (Lipinski definition) is 1. The molecule has 0 spiro atoms. The molecule has 4 rings (SSSR count). The van der Waals surface area contributed by atoms with Crippen molar-refractivity contribution in [2.75, 3.05) is 11.9 Å². The Morgan fingerprint density at radius 3 is 2.96 bits per heavy atom. The molecule has 0 radical (unpaired) electrons. The number of aromatic nitrogens is 4. The summed E-state index contributed by atoms with van der Waals surface area (Å²) in [5, 5.41) is 3.65. The van der Waals surface area contributed by atoms with E-state index < -0.39 is 0 Å². The lowest BCUT2D eigenvalue weighted by Gasteiger charge is -2.13. The third-order valence-electron chi connectivity index (χ3n) is 4.71. The van der Waals surface area contributed by atoms with Crippen LogP contribution in [-0.4, -0.2) is 38.1 Å². The molecule has 0 unspecified atom stereocenters. The fraction of sp³-hybridized carbons (Fsp3) is 0.412. The molecule has 8 nitrogen and oxygen atoms in total. The molecule has 4 heterocycles. The highest BCUT2D eigenvalue weighted by atomic mass is 16.5. The number of nitrogens with zero attached hydrogens (tertiary/aromatic N) is 4. The summed E-state index contributed by atoms with van der Waals surface area (Å²) in [6.07, 6.45) is 6.34. The van der Waals surface area contributed by atoms with Crippen molar-refractivity contribution in [1.82, 2.24) is 19.5 Å². The van der Waals surface area contributed by atoms with E-state index in [-0.39, 0.29) is 17.7 Å². The topological polar surface area (TPSA) is 95.1 Å². The second-order valence-corrected chi connectivity index (χ2v) is 6.20. The monoisotopic (exact) mass is 341 g/mol. The van der Waals surface area contributed by atoms with Crippen LogP contribution in [0.3, 0.4) is 0 Å².